The van der Waals surface area contributed by atoms with Crippen molar-refractivity contribution >= 4 is 12.6 Å². The molecular weight excluding hydrogens is 549 g/mol. The molecule has 2 aromatic carbocycles. The van der Waals surface area contributed by atoms with Gasteiger partial charge >= 0.3 is 19.5 Å². The molecule has 1 heterocycles. The molecule has 1 aliphatic heterocycles. The number of alkyl halides is 6. The summed E-state index contributed by atoms with van der Waals surface area (Å²) in [5.41, 5.74) is -4.21. The van der Waals surface area contributed by atoms with Gasteiger partial charge in [-0.3, -0.25) is 0 Å². The van der Waals surface area contributed by atoms with Crippen LogP contribution in [0.3, 0.4) is 0 Å². The zero-order chi connectivity index (χ0) is 31.2. The zero-order valence-corrected chi connectivity index (χ0v) is 25.1. The van der Waals surface area contributed by atoms with E-state index in [1.54, 1.807) is 0 Å². The molecule has 0 saturated carbocycles. The number of methoxy groups -OCH3 is 1. The van der Waals surface area contributed by atoms with Gasteiger partial charge in [0.15, 0.2) is 0 Å². The van der Waals surface area contributed by atoms with Crippen LogP contribution >= 0.6 is 0 Å². The molecule has 11 heteroatoms. The van der Waals surface area contributed by atoms with Crippen LogP contribution in [-0.2, 0) is 29.8 Å². The van der Waals surface area contributed by atoms with E-state index >= 15 is 0 Å². The maximum atomic E-state index is 14.2. The van der Waals surface area contributed by atoms with Gasteiger partial charge in [-0.2, -0.15) is 26.3 Å². The lowest BCUT2D eigenvalue weighted by Gasteiger charge is -2.39. The van der Waals surface area contributed by atoms with E-state index in [2.05, 4.69) is 9.47 Å². The van der Waals surface area contributed by atoms with E-state index < -0.39 is 54.0 Å². The van der Waals surface area contributed by atoms with Gasteiger partial charge in [-0.05, 0) is 76.5 Å². The second-order valence-corrected chi connectivity index (χ2v) is 11.7. The van der Waals surface area contributed by atoms with E-state index in [4.69, 9.17) is 9.31 Å². The van der Waals surface area contributed by atoms with Crippen molar-refractivity contribution in [3.05, 3.63) is 64.2 Å². The summed E-state index contributed by atoms with van der Waals surface area (Å²) in [5.74, 6) is 0. The standard InChI is InChI=1S/C30H39BF6O4/c1-10-27(11-2,22-13-15-24(20(4)17-22)31-40-25(5,6)26(7,8)41-31)21-12-14-23(19(3)16-21)28(29(32,33)34,30(35,36)37)39-18-38-9/h12-17H,10-11,18H2,1-9H3. The molecule has 1 aliphatic rings. The van der Waals surface area contributed by atoms with Crippen LogP contribution in [0.1, 0.15) is 82.2 Å². The third-order valence-corrected chi connectivity index (χ3v) is 8.89. The van der Waals surface area contributed by atoms with Gasteiger partial charge in [0, 0.05) is 18.1 Å². The normalized spacial score (nSPS) is 17.8. The van der Waals surface area contributed by atoms with Gasteiger partial charge in [0.1, 0.15) is 6.79 Å². The highest BCUT2D eigenvalue weighted by molar-refractivity contribution is 6.62. The Morgan fingerprint density at radius 3 is 1.61 bits per heavy atom. The molecule has 1 fully saturated rings. The van der Waals surface area contributed by atoms with Crippen LogP contribution in [0.4, 0.5) is 26.3 Å². The van der Waals surface area contributed by atoms with Gasteiger partial charge in [0.05, 0.1) is 11.2 Å². The van der Waals surface area contributed by atoms with Crippen molar-refractivity contribution in [2.45, 2.75) is 103 Å². The average Bonchev–Trinajstić information content (AvgIpc) is 3.06. The Morgan fingerprint density at radius 1 is 0.756 bits per heavy atom. The smallest absolute Gasteiger partial charge is 0.399 e. The number of rotatable bonds is 9. The summed E-state index contributed by atoms with van der Waals surface area (Å²) in [6, 6.07) is 9.48. The summed E-state index contributed by atoms with van der Waals surface area (Å²) < 4.78 is 106. The molecule has 0 atom stereocenters. The van der Waals surface area contributed by atoms with E-state index in [1.165, 1.54) is 19.1 Å². The van der Waals surface area contributed by atoms with Crippen LogP contribution in [0, 0.1) is 13.8 Å². The lowest BCUT2D eigenvalue weighted by atomic mass is 9.67. The van der Waals surface area contributed by atoms with Crippen molar-refractivity contribution in [3.8, 4) is 0 Å². The minimum Gasteiger partial charge on any atom is -0.399 e. The van der Waals surface area contributed by atoms with Crippen molar-refractivity contribution in [1.29, 1.82) is 0 Å². The summed E-state index contributed by atoms with van der Waals surface area (Å²) in [6.45, 7) is 13.7. The number of hydrogen-bond donors (Lipinski definition) is 0. The topological polar surface area (TPSA) is 36.9 Å². The highest BCUT2D eigenvalue weighted by atomic mass is 19.4. The Kier molecular flexibility index (Phi) is 9.14. The first-order valence-electron chi connectivity index (χ1n) is 13.6. The van der Waals surface area contributed by atoms with Crippen LogP contribution in [0.25, 0.3) is 0 Å². The molecule has 0 spiro atoms. The molecule has 0 unspecified atom stereocenters. The largest absolute Gasteiger partial charge is 0.495 e. The third-order valence-electron chi connectivity index (χ3n) is 8.89. The number of halogens is 6. The summed E-state index contributed by atoms with van der Waals surface area (Å²) in [6.07, 6.45) is -10.5. The van der Waals surface area contributed by atoms with Crippen molar-refractivity contribution in [2.24, 2.45) is 0 Å². The van der Waals surface area contributed by atoms with Crippen molar-refractivity contribution in [3.63, 3.8) is 0 Å². The van der Waals surface area contributed by atoms with Gasteiger partial charge in [-0.25, -0.2) is 0 Å². The first-order chi connectivity index (χ1) is 18.7. The molecule has 3 rings (SSSR count). The second-order valence-electron chi connectivity index (χ2n) is 11.7. The molecule has 2 aromatic rings. The van der Waals surface area contributed by atoms with Crippen LogP contribution in [0.15, 0.2) is 36.4 Å². The Bertz CT molecular complexity index is 1200. The number of ether oxygens (including phenoxy) is 2. The maximum Gasteiger partial charge on any atom is 0.495 e. The first-order valence-corrected chi connectivity index (χ1v) is 13.6. The van der Waals surface area contributed by atoms with Crippen molar-refractivity contribution < 1.29 is 45.1 Å². The summed E-state index contributed by atoms with van der Waals surface area (Å²) in [7, 11) is 0.391. The Hall–Kier alpha value is -2.08. The number of benzene rings is 2. The lowest BCUT2D eigenvalue weighted by Crippen LogP contribution is -2.56. The van der Waals surface area contributed by atoms with Gasteiger partial charge < -0.3 is 18.8 Å². The molecule has 228 valence electrons. The fourth-order valence-electron chi connectivity index (χ4n) is 5.65. The molecule has 0 N–H and O–H groups in total. The molecule has 4 nitrogen and oxygen atoms in total. The molecule has 0 amide bonds. The van der Waals surface area contributed by atoms with E-state index in [-0.39, 0.29) is 5.56 Å². The molecule has 0 radical (unpaired) electrons. The van der Waals surface area contributed by atoms with Gasteiger partial charge in [-0.1, -0.05) is 55.8 Å². The monoisotopic (exact) mass is 588 g/mol. The summed E-state index contributed by atoms with van der Waals surface area (Å²) in [5, 5.41) is 0. The van der Waals surface area contributed by atoms with E-state index in [9.17, 15) is 26.3 Å². The molecular formula is C30H39BF6O4. The van der Waals surface area contributed by atoms with Crippen molar-refractivity contribution in [1.82, 2.24) is 0 Å². The Balaban J connectivity index is 2.13. The van der Waals surface area contributed by atoms with Gasteiger partial charge in [-0.15, -0.1) is 0 Å². The summed E-state index contributed by atoms with van der Waals surface area (Å²) >= 11 is 0. The second kappa shape index (κ2) is 11.2. The predicted molar refractivity (Wildman–Crippen MR) is 146 cm³/mol. The fourth-order valence-corrected chi connectivity index (χ4v) is 5.65. The molecule has 0 aliphatic carbocycles. The van der Waals surface area contributed by atoms with Gasteiger partial charge in [0.2, 0.25) is 0 Å². The predicted octanol–water partition coefficient (Wildman–Crippen LogP) is 7.65. The summed E-state index contributed by atoms with van der Waals surface area (Å²) in [4.78, 5) is 0. The van der Waals surface area contributed by atoms with Crippen LogP contribution in [-0.4, -0.2) is 44.6 Å². The fraction of sp³-hybridized carbons (Fsp3) is 0.600. The quantitative estimate of drug-likeness (QED) is 0.171. The minimum absolute atomic E-state index is 0.190. The molecule has 0 aromatic heterocycles. The number of hydrogen-bond acceptors (Lipinski definition) is 4. The van der Waals surface area contributed by atoms with E-state index in [1.807, 2.05) is 66.7 Å². The maximum absolute atomic E-state index is 14.2. The Morgan fingerprint density at radius 2 is 1.22 bits per heavy atom. The minimum atomic E-state index is -5.79. The Labute approximate surface area is 238 Å². The highest BCUT2D eigenvalue weighted by Gasteiger charge is 2.74. The van der Waals surface area contributed by atoms with Crippen molar-refractivity contribution in [2.75, 3.05) is 13.9 Å². The lowest BCUT2D eigenvalue weighted by molar-refractivity contribution is -0.400. The number of aryl methyl sites for hydroxylation is 2. The molecule has 0 bridgehead atoms. The molecule has 1 saturated heterocycles. The molecule has 41 heavy (non-hydrogen) atoms. The van der Waals surface area contributed by atoms with Crippen LogP contribution in [0.5, 0.6) is 0 Å². The van der Waals surface area contributed by atoms with E-state index in [0.29, 0.717) is 18.4 Å². The van der Waals surface area contributed by atoms with Crippen LogP contribution in [0.2, 0.25) is 0 Å². The van der Waals surface area contributed by atoms with E-state index in [0.717, 1.165) is 29.8 Å². The third kappa shape index (κ3) is 5.55. The average molecular weight is 588 g/mol. The first kappa shape index (κ1) is 33.4. The SMILES string of the molecule is CCC(CC)(c1ccc(B2OC(C)(C)C(C)(C)O2)c(C)c1)c1ccc(C(OCOC)(C(F)(F)F)C(F)(F)F)c(C)c1. The van der Waals surface area contributed by atoms with Gasteiger partial charge in [0.25, 0.3) is 5.60 Å². The van der Waals surface area contributed by atoms with Crippen LogP contribution < -0.4 is 5.46 Å². The highest BCUT2D eigenvalue weighted by Crippen LogP contribution is 2.54. The zero-order valence-electron chi connectivity index (χ0n) is 25.1.